The average Bonchev–Trinajstić information content (AvgIpc) is 2.28. The molecule has 12 heavy (non-hydrogen) atoms. The van der Waals surface area contributed by atoms with Gasteiger partial charge in [-0.15, -0.1) is 0 Å². The standard InChI is InChI=1S/C11H13B/c1-11(2)6-5-8-3-4-9(12)7-10(8)11/h3-4,7H,5-6H2,1-2H3. The smallest absolute Gasteiger partial charge is 0.0964 e. The van der Waals surface area contributed by atoms with E-state index in [-0.39, 0.29) is 0 Å². The summed E-state index contributed by atoms with van der Waals surface area (Å²) in [4.78, 5) is 0. The number of hydrogen-bond acceptors (Lipinski definition) is 0. The predicted molar refractivity (Wildman–Crippen MR) is 53.2 cm³/mol. The summed E-state index contributed by atoms with van der Waals surface area (Å²) in [5.41, 5.74) is 4.16. The van der Waals surface area contributed by atoms with Gasteiger partial charge >= 0.3 is 0 Å². The summed E-state index contributed by atoms with van der Waals surface area (Å²) < 4.78 is 0. The van der Waals surface area contributed by atoms with Crippen LogP contribution < -0.4 is 5.46 Å². The molecule has 0 saturated carbocycles. The molecule has 0 aliphatic heterocycles. The van der Waals surface area contributed by atoms with E-state index in [1.807, 2.05) is 6.07 Å². The van der Waals surface area contributed by atoms with Gasteiger partial charge in [-0.05, 0) is 29.4 Å². The normalized spacial score (nSPS) is 19.2. The van der Waals surface area contributed by atoms with Crippen LogP contribution in [-0.2, 0) is 11.8 Å². The molecule has 0 saturated heterocycles. The molecule has 2 rings (SSSR count). The van der Waals surface area contributed by atoms with Crippen LogP contribution in [0.3, 0.4) is 0 Å². The van der Waals surface area contributed by atoms with E-state index in [4.69, 9.17) is 7.85 Å². The third-order valence-electron chi connectivity index (χ3n) is 2.88. The van der Waals surface area contributed by atoms with Crippen LogP contribution in [-0.4, -0.2) is 7.85 Å². The highest BCUT2D eigenvalue weighted by Gasteiger charge is 2.28. The Morgan fingerprint density at radius 2 is 2.08 bits per heavy atom. The number of rotatable bonds is 0. The second kappa shape index (κ2) is 2.38. The fraction of sp³-hybridized carbons (Fsp3) is 0.455. The monoisotopic (exact) mass is 156 g/mol. The minimum Gasteiger partial charge on any atom is -0.0964 e. The molecule has 1 aliphatic rings. The fourth-order valence-electron chi connectivity index (χ4n) is 2.02. The lowest BCUT2D eigenvalue weighted by Crippen LogP contribution is -2.14. The van der Waals surface area contributed by atoms with Crippen molar-refractivity contribution in [3.05, 3.63) is 29.3 Å². The molecule has 0 nitrogen and oxygen atoms in total. The minimum absolute atomic E-state index is 0.338. The molecule has 1 aromatic rings. The Bertz CT molecular complexity index is 313. The molecule has 60 valence electrons. The van der Waals surface area contributed by atoms with Crippen molar-refractivity contribution in [2.75, 3.05) is 0 Å². The summed E-state index contributed by atoms with van der Waals surface area (Å²) >= 11 is 0. The van der Waals surface area contributed by atoms with E-state index in [1.54, 1.807) is 0 Å². The van der Waals surface area contributed by atoms with Crippen LogP contribution in [0.5, 0.6) is 0 Å². The average molecular weight is 156 g/mol. The van der Waals surface area contributed by atoms with Crippen LogP contribution in [0.2, 0.25) is 0 Å². The number of hydrogen-bond donors (Lipinski definition) is 0. The molecule has 1 heteroatoms. The van der Waals surface area contributed by atoms with Crippen LogP contribution in [0.25, 0.3) is 0 Å². The van der Waals surface area contributed by atoms with Crippen molar-refractivity contribution in [3.63, 3.8) is 0 Å². The van der Waals surface area contributed by atoms with Crippen LogP contribution in [0.1, 0.15) is 31.4 Å². The highest BCUT2D eigenvalue weighted by Crippen LogP contribution is 2.37. The van der Waals surface area contributed by atoms with Crippen molar-refractivity contribution in [2.45, 2.75) is 32.1 Å². The first-order valence-corrected chi connectivity index (χ1v) is 4.48. The van der Waals surface area contributed by atoms with Crippen molar-refractivity contribution in [3.8, 4) is 0 Å². The summed E-state index contributed by atoms with van der Waals surface area (Å²) in [6.45, 7) is 4.58. The van der Waals surface area contributed by atoms with E-state index < -0.39 is 0 Å². The lowest BCUT2D eigenvalue weighted by Gasteiger charge is -2.19. The summed E-state index contributed by atoms with van der Waals surface area (Å²) in [6.07, 6.45) is 2.47. The van der Waals surface area contributed by atoms with Crippen LogP contribution >= 0.6 is 0 Å². The van der Waals surface area contributed by atoms with Gasteiger partial charge in [0.15, 0.2) is 0 Å². The molecule has 0 spiro atoms. The zero-order valence-corrected chi connectivity index (χ0v) is 7.72. The second-order valence-corrected chi connectivity index (χ2v) is 4.30. The largest absolute Gasteiger partial charge is 0.113 e. The third-order valence-corrected chi connectivity index (χ3v) is 2.88. The molecule has 2 radical (unpaired) electrons. The van der Waals surface area contributed by atoms with E-state index in [2.05, 4.69) is 26.0 Å². The molecular formula is C11H13B. The Kier molecular flexibility index (Phi) is 1.57. The van der Waals surface area contributed by atoms with Gasteiger partial charge in [-0.25, -0.2) is 0 Å². The Balaban J connectivity index is 2.57. The Labute approximate surface area is 75.4 Å². The molecule has 0 fully saturated rings. The molecule has 0 bridgehead atoms. The van der Waals surface area contributed by atoms with Crippen LogP contribution in [0.4, 0.5) is 0 Å². The van der Waals surface area contributed by atoms with Gasteiger partial charge in [-0.2, -0.15) is 0 Å². The van der Waals surface area contributed by atoms with Gasteiger partial charge in [-0.3, -0.25) is 0 Å². The first kappa shape index (κ1) is 7.91. The quantitative estimate of drug-likeness (QED) is 0.501. The zero-order chi connectivity index (χ0) is 8.77. The van der Waals surface area contributed by atoms with Gasteiger partial charge in [0.1, 0.15) is 7.85 Å². The molecule has 0 N–H and O–H groups in total. The maximum atomic E-state index is 5.75. The van der Waals surface area contributed by atoms with Gasteiger partial charge in [0.2, 0.25) is 0 Å². The van der Waals surface area contributed by atoms with Gasteiger partial charge in [0.25, 0.3) is 0 Å². The molecule has 0 heterocycles. The van der Waals surface area contributed by atoms with E-state index in [0.29, 0.717) is 5.41 Å². The Hall–Kier alpha value is -0.715. The Morgan fingerprint density at radius 1 is 1.33 bits per heavy atom. The summed E-state index contributed by atoms with van der Waals surface area (Å²) in [5.74, 6) is 0. The van der Waals surface area contributed by atoms with E-state index in [1.165, 1.54) is 24.0 Å². The second-order valence-electron chi connectivity index (χ2n) is 4.30. The molecule has 0 aromatic heterocycles. The fourth-order valence-corrected chi connectivity index (χ4v) is 2.02. The minimum atomic E-state index is 0.338. The van der Waals surface area contributed by atoms with Gasteiger partial charge in [0.05, 0.1) is 0 Å². The summed E-state index contributed by atoms with van der Waals surface area (Å²) in [7, 11) is 5.75. The molecule has 0 atom stereocenters. The van der Waals surface area contributed by atoms with Crippen LogP contribution in [0, 0.1) is 0 Å². The molecule has 0 amide bonds. The lowest BCUT2D eigenvalue weighted by molar-refractivity contribution is 0.522. The van der Waals surface area contributed by atoms with Crippen molar-refractivity contribution in [2.24, 2.45) is 0 Å². The molecule has 1 aromatic carbocycles. The first-order chi connectivity index (χ1) is 5.59. The van der Waals surface area contributed by atoms with E-state index >= 15 is 0 Å². The zero-order valence-electron chi connectivity index (χ0n) is 7.72. The maximum Gasteiger partial charge on any atom is 0.113 e. The highest BCUT2D eigenvalue weighted by molar-refractivity contribution is 6.32. The maximum absolute atomic E-state index is 5.75. The summed E-state index contributed by atoms with van der Waals surface area (Å²) in [6, 6.07) is 6.29. The molecular weight excluding hydrogens is 143 g/mol. The highest BCUT2D eigenvalue weighted by atomic mass is 14.3. The van der Waals surface area contributed by atoms with Crippen molar-refractivity contribution < 1.29 is 0 Å². The molecule has 1 aliphatic carbocycles. The summed E-state index contributed by atoms with van der Waals surface area (Å²) in [5, 5.41) is 0. The van der Waals surface area contributed by atoms with Crippen molar-refractivity contribution in [1.29, 1.82) is 0 Å². The van der Waals surface area contributed by atoms with Crippen LogP contribution in [0.15, 0.2) is 18.2 Å². The lowest BCUT2D eigenvalue weighted by atomic mass is 9.83. The predicted octanol–water partition coefficient (Wildman–Crippen LogP) is 1.70. The van der Waals surface area contributed by atoms with Gasteiger partial charge < -0.3 is 0 Å². The number of fused-ring (bicyclic) bond motifs is 1. The topological polar surface area (TPSA) is 0 Å². The number of aryl methyl sites for hydroxylation is 1. The van der Waals surface area contributed by atoms with E-state index in [9.17, 15) is 0 Å². The van der Waals surface area contributed by atoms with Crippen molar-refractivity contribution >= 4 is 13.3 Å². The molecule has 0 unspecified atom stereocenters. The Morgan fingerprint density at radius 3 is 2.83 bits per heavy atom. The first-order valence-electron chi connectivity index (χ1n) is 4.48. The van der Waals surface area contributed by atoms with E-state index in [0.717, 1.165) is 5.46 Å². The third kappa shape index (κ3) is 1.08. The number of benzene rings is 1. The van der Waals surface area contributed by atoms with Gasteiger partial charge in [-0.1, -0.05) is 37.5 Å². The van der Waals surface area contributed by atoms with Crippen molar-refractivity contribution in [1.82, 2.24) is 0 Å². The van der Waals surface area contributed by atoms with Gasteiger partial charge in [0, 0.05) is 0 Å². The SMILES string of the molecule is [B]c1ccc2c(c1)C(C)(C)CC2.